The molecule has 1 atom stereocenters. The SMILES string of the molecule is CCOC(C(=O)Cc1ccc(F)cc1C)C1CCCCC1. The van der Waals surface area contributed by atoms with Crippen molar-refractivity contribution in [3.05, 3.63) is 35.1 Å². The van der Waals surface area contributed by atoms with Crippen LogP contribution in [0.5, 0.6) is 0 Å². The molecule has 0 bridgehead atoms. The topological polar surface area (TPSA) is 26.3 Å². The van der Waals surface area contributed by atoms with E-state index >= 15 is 0 Å². The van der Waals surface area contributed by atoms with Gasteiger partial charge in [0.25, 0.3) is 0 Å². The molecule has 1 aromatic carbocycles. The first-order valence-corrected chi connectivity index (χ1v) is 8.01. The zero-order chi connectivity index (χ0) is 15.2. The minimum atomic E-state index is -0.292. The van der Waals surface area contributed by atoms with Crippen LogP contribution in [0.1, 0.15) is 50.2 Å². The first kappa shape index (κ1) is 16.2. The average molecular weight is 292 g/mol. The Morgan fingerprint density at radius 3 is 2.67 bits per heavy atom. The van der Waals surface area contributed by atoms with Crippen LogP contribution >= 0.6 is 0 Å². The van der Waals surface area contributed by atoms with E-state index in [0.29, 0.717) is 18.9 Å². The summed E-state index contributed by atoms with van der Waals surface area (Å²) in [4.78, 5) is 12.6. The predicted octanol–water partition coefficient (Wildman–Crippen LogP) is 4.23. The molecule has 1 aliphatic rings. The number of carbonyl (C=O) groups excluding carboxylic acids is 1. The van der Waals surface area contributed by atoms with Gasteiger partial charge in [-0.25, -0.2) is 4.39 Å². The fourth-order valence-electron chi connectivity index (χ4n) is 3.25. The van der Waals surface area contributed by atoms with E-state index in [2.05, 4.69) is 0 Å². The van der Waals surface area contributed by atoms with Crippen LogP contribution in [0.3, 0.4) is 0 Å². The standard InChI is InChI=1S/C18H25FO2/c1-3-21-18(14-7-5-4-6-8-14)17(20)12-15-9-10-16(19)11-13(15)2/h9-11,14,18H,3-8,12H2,1-2H3. The second kappa shape index (κ2) is 7.69. The summed E-state index contributed by atoms with van der Waals surface area (Å²) < 4.78 is 18.9. The monoisotopic (exact) mass is 292 g/mol. The minimum Gasteiger partial charge on any atom is -0.370 e. The quantitative estimate of drug-likeness (QED) is 0.784. The van der Waals surface area contributed by atoms with Crippen LogP contribution in [0.15, 0.2) is 18.2 Å². The van der Waals surface area contributed by atoms with Crippen molar-refractivity contribution in [3.8, 4) is 0 Å². The van der Waals surface area contributed by atoms with Gasteiger partial charge in [0.1, 0.15) is 11.9 Å². The minimum absolute atomic E-state index is 0.137. The largest absolute Gasteiger partial charge is 0.370 e. The highest BCUT2D eigenvalue weighted by atomic mass is 19.1. The number of ketones is 1. The molecule has 1 saturated carbocycles. The fourth-order valence-corrected chi connectivity index (χ4v) is 3.25. The van der Waals surface area contributed by atoms with E-state index in [-0.39, 0.29) is 17.7 Å². The first-order chi connectivity index (χ1) is 10.1. The third-order valence-corrected chi connectivity index (χ3v) is 4.41. The van der Waals surface area contributed by atoms with Gasteiger partial charge in [-0.15, -0.1) is 0 Å². The Kier molecular flexibility index (Phi) is 5.92. The van der Waals surface area contributed by atoms with E-state index in [1.165, 1.54) is 31.4 Å². The van der Waals surface area contributed by atoms with Crippen LogP contribution in [0.25, 0.3) is 0 Å². The molecule has 0 aliphatic heterocycles. The van der Waals surface area contributed by atoms with E-state index in [4.69, 9.17) is 4.74 Å². The molecule has 21 heavy (non-hydrogen) atoms. The van der Waals surface area contributed by atoms with Crippen LogP contribution in [0.4, 0.5) is 4.39 Å². The average Bonchev–Trinajstić information content (AvgIpc) is 2.48. The maximum absolute atomic E-state index is 13.1. The normalized spacial score (nSPS) is 17.7. The van der Waals surface area contributed by atoms with Crippen LogP contribution < -0.4 is 0 Å². The molecule has 2 nitrogen and oxygen atoms in total. The lowest BCUT2D eigenvalue weighted by Gasteiger charge is -2.29. The van der Waals surface area contributed by atoms with E-state index in [9.17, 15) is 9.18 Å². The highest BCUT2D eigenvalue weighted by Crippen LogP contribution is 2.29. The molecule has 1 fully saturated rings. The Morgan fingerprint density at radius 2 is 2.05 bits per heavy atom. The lowest BCUT2D eigenvalue weighted by atomic mass is 9.82. The van der Waals surface area contributed by atoms with Gasteiger partial charge in [-0.2, -0.15) is 0 Å². The molecule has 1 aliphatic carbocycles. The van der Waals surface area contributed by atoms with Gasteiger partial charge in [-0.05, 0) is 55.9 Å². The van der Waals surface area contributed by atoms with Gasteiger partial charge in [-0.1, -0.05) is 25.3 Å². The Balaban J connectivity index is 2.07. The number of hydrogen-bond acceptors (Lipinski definition) is 2. The third-order valence-electron chi connectivity index (χ3n) is 4.41. The van der Waals surface area contributed by atoms with Gasteiger partial charge in [0.15, 0.2) is 5.78 Å². The highest BCUT2D eigenvalue weighted by molar-refractivity contribution is 5.85. The summed E-state index contributed by atoms with van der Waals surface area (Å²) >= 11 is 0. The Morgan fingerprint density at radius 1 is 1.33 bits per heavy atom. The van der Waals surface area contributed by atoms with Crippen LogP contribution in [-0.4, -0.2) is 18.5 Å². The second-order valence-electron chi connectivity index (χ2n) is 5.99. The summed E-state index contributed by atoms with van der Waals surface area (Å²) in [6.07, 6.45) is 5.86. The fraction of sp³-hybridized carbons (Fsp3) is 0.611. The van der Waals surface area contributed by atoms with Gasteiger partial charge in [-0.3, -0.25) is 4.79 Å². The first-order valence-electron chi connectivity index (χ1n) is 8.01. The van der Waals surface area contributed by atoms with Gasteiger partial charge in [0.2, 0.25) is 0 Å². The molecule has 0 heterocycles. The zero-order valence-electron chi connectivity index (χ0n) is 13.0. The maximum atomic E-state index is 13.1. The summed E-state index contributed by atoms with van der Waals surface area (Å²) in [5, 5.41) is 0. The molecule has 0 spiro atoms. The van der Waals surface area contributed by atoms with Crippen molar-refractivity contribution < 1.29 is 13.9 Å². The maximum Gasteiger partial charge on any atom is 0.166 e. The second-order valence-corrected chi connectivity index (χ2v) is 5.99. The summed E-state index contributed by atoms with van der Waals surface area (Å²) in [6, 6.07) is 4.62. The number of carbonyl (C=O) groups is 1. The van der Waals surface area contributed by atoms with E-state index < -0.39 is 0 Å². The van der Waals surface area contributed by atoms with Crippen molar-refractivity contribution in [1.82, 2.24) is 0 Å². The lowest BCUT2D eigenvalue weighted by Crippen LogP contribution is -2.35. The van der Waals surface area contributed by atoms with Crippen molar-refractivity contribution in [2.24, 2.45) is 5.92 Å². The van der Waals surface area contributed by atoms with E-state index in [1.807, 2.05) is 13.8 Å². The molecule has 1 unspecified atom stereocenters. The molecule has 0 aromatic heterocycles. The Bertz CT molecular complexity index is 478. The Labute approximate surface area is 126 Å². The lowest BCUT2D eigenvalue weighted by molar-refractivity contribution is -0.134. The third kappa shape index (κ3) is 4.37. The van der Waals surface area contributed by atoms with Gasteiger partial charge in [0.05, 0.1) is 0 Å². The number of halogens is 1. The van der Waals surface area contributed by atoms with Gasteiger partial charge < -0.3 is 4.74 Å². The van der Waals surface area contributed by atoms with Crippen LogP contribution in [0, 0.1) is 18.7 Å². The van der Waals surface area contributed by atoms with E-state index in [0.717, 1.165) is 24.0 Å². The van der Waals surface area contributed by atoms with Gasteiger partial charge in [0, 0.05) is 13.0 Å². The summed E-state index contributed by atoms with van der Waals surface area (Å²) in [7, 11) is 0. The molecular weight excluding hydrogens is 267 g/mol. The van der Waals surface area contributed by atoms with Crippen molar-refractivity contribution in [3.63, 3.8) is 0 Å². The summed E-state index contributed by atoms with van der Waals surface area (Å²) in [5.74, 6) is 0.239. The van der Waals surface area contributed by atoms with Gasteiger partial charge >= 0.3 is 0 Å². The molecule has 2 rings (SSSR count). The van der Waals surface area contributed by atoms with Crippen molar-refractivity contribution in [2.75, 3.05) is 6.61 Å². The molecule has 3 heteroatoms. The Hall–Kier alpha value is -1.22. The van der Waals surface area contributed by atoms with E-state index in [1.54, 1.807) is 6.07 Å². The smallest absolute Gasteiger partial charge is 0.166 e. The number of benzene rings is 1. The van der Waals surface area contributed by atoms with Crippen molar-refractivity contribution in [1.29, 1.82) is 0 Å². The molecule has 1 aromatic rings. The zero-order valence-corrected chi connectivity index (χ0v) is 13.0. The summed E-state index contributed by atoms with van der Waals surface area (Å²) in [6.45, 7) is 4.35. The molecule has 0 N–H and O–H groups in total. The number of hydrogen-bond donors (Lipinski definition) is 0. The molecular formula is C18H25FO2. The summed E-state index contributed by atoms with van der Waals surface area (Å²) in [5.41, 5.74) is 1.74. The molecule has 0 saturated heterocycles. The van der Waals surface area contributed by atoms with Crippen LogP contribution in [-0.2, 0) is 16.0 Å². The predicted molar refractivity (Wildman–Crippen MR) is 81.8 cm³/mol. The number of ether oxygens (including phenoxy) is 1. The molecule has 116 valence electrons. The molecule has 0 radical (unpaired) electrons. The number of aryl methyl sites for hydroxylation is 1. The number of Topliss-reactive ketones (excluding diaryl/α,β-unsaturated/α-hetero) is 1. The number of rotatable bonds is 6. The van der Waals surface area contributed by atoms with Crippen molar-refractivity contribution in [2.45, 2.75) is 58.5 Å². The van der Waals surface area contributed by atoms with Crippen LogP contribution in [0.2, 0.25) is 0 Å². The van der Waals surface area contributed by atoms with Crippen molar-refractivity contribution >= 4 is 5.78 Å². The highest BCUT2D eigenvalue weighted by Gasteiger charge is 2.29. The molecule has 0 amide bonds.